The van der Waals surface area contributed by atoms with Gasteiger partial charge in [0.15, 0.2) is 0 Å². The first kappa shape index (κ1) is 25.7. The van der Waals surface area contributed by atoms with Crippen molar-refractivity contribution in [3.05, 3.63) is 99.0 Å². The molecule has 35 heavy (non-hydrogen) atoms. The van der Waals surface area contributed by atoms with Crippen molar-refractivity contribution in [1.29, 1.82) is 0 Å². The Morgan fingerprint density at radius 1 is 1.00 bits per heavy atom. The summed E-state index contributed by atoms with van der Waals surface area (Å²) in [4.78, 5) is 37.5. The third-order valence-corrected chi connectivity index (χ3v) is 5.87. The van der Waals surface area contributed by atoms with Gasteiger partial charge in [-0.05, 0) is 42.9 Å². The van der Waals surface area contributed by atoms with Crippen LogP contribution < -0.4 is 16.2 Å². The maximum atomic E-state index is 13.1. The molecule has 2 amide bonds. The minimum atomic E-state index is -1.01. The van der Waals surface area contributed by atoms with E-state index in [1.165, 1.54) is 0 Å². The van der Waals surface area contributed by atoms with Gasteiger partial charge in [-0.3, -0.25) is 9.59 Å². The molecule has 3 rings (SSSR count). The van der Waals surface area contributed by atoms with Crippen LogP contribution in [0.15, 0.2) is 65.5 Å². The second-order valence-corrected chi connectivity index (χ2v) is 9.30. The molecule has 0 unspecified atom stereocenters. The molecule has 1 heterocycles. The average molecular weight is 476 g/mol. The normalized spacial score (nSPS) is 11.8. The number of amides is 2. The molecule has 1 aromatic heterocycles. The summed E-state index contributed by atoms with van der Waals surface area (Å²) in [5.74, 6) is -0.737. The lowest BCUT2D eigenvalue weighted by atomic mass is 10.0. The number of hydrogen-bond acceptors (Lipinski definition) is 3. The Labute approximate surface area is 205 Å². The van der Waals surface area contributed by atoms with Gasteiger partial charge in [0.25, 0.3) is 5.56 Å². The highest BCUT2D eigenvalue weighted by Crippen LogP contribution is 2.24. The molecule has 7 heteroatoms. The van der Waals surface area contributed by atoms with Gasteiger partial charge in [-0.25, -0.2) is 4.79 Å². The van der Waals surface area contributed by atoms with Gasteiger partial charge < -0.3 is 20.3 Å². The summed E-state index contributed by atoms with van der Waals surface area (Å²) < 4.78 is 1.64. The van der Waals surface area contributed by atoms with E-state index >= 15 is 0 Å². The highest BCUT2D eigenvalue weighted by Gasteiger charge is 2.21. The minimum Gasteiger partial charge on any atom is -0.481 e. The quantitative estimate of drug-likeness (QED) is 0.403. The molecule has 2 aromatic carbocycles. The predicted octanol–water partition coefficient (Wildman–Crippen LogP) is 5.05. The van der Waals surface area contributed by atoms with E-state index in [1.54, 1.807) is 10.6 Å². The van der Waals surface area contributed by atoms with Crippen LogP contribution in [-0.2, 0) is 17.8 Å². The Kier molecular flexibility index (Phi) is 8.47. The van der Waals surface area contributed by atoms with Gasteiger partial charge in [0, 0.05) is 11.8 Å². The van der Waals surface area contributed by atoms with Gasteiger partial charge in [-0.15, -0.1) is 0 Å². The lowest BCUT2D eigenvalue weighted by Gasteiger charge is -2.22. The second-order valence-electron chi connectivity index (χ2n) is 9.30. The Hall–Kier alpha value is -3.87. The third kappa shape index (κ3) is 7.06. The molecule has 184 valence electrons. The maximum Gasteiger partial charge on any atom is 0.319 e. The number of urea groups is 1. The second kappa shape index (κ2) is 11.5. The molecule has 0 aliphatic carbocycles. The number of hydrogen-bond donors (Lipinski definition) is 3. The zero-order chi connectivity index (χ0) is 25.5. The van der Waals surface area contributed by atoms with Crippen molar-refractivity contribution in [2.45, 2.75) is 53.1 Å². The van der Waals surface area contributed by atoms with Crippen molar-refractivity contribution >= 4 is 17.7 Å². The van der Waals surface area contributed by atoms with Crippen molar-refractivity contribution in [2.24, 2.45) is 5.92 Å². The van der Waals surface area contributed by atoms with Crippen LogP contribution in [-0.4, -0.2) is 21.7 Å². The van der Waals surface area contributed by atoms with Gasteiger partial charge in [0.2, 0.25) is 0 Å². The molecule has 0 saturated heterocycles. The van der Waals surface area contributed by atoms with Gasteiger partial charge >= 0.3 is 12.0 Å². The summed E-state index contributed by atoms with van der Waals surface area (Å²) in [5.41, 5.74) is 4.58. The van der Waals surface area contributed by atoms with Crippen LogP contribution in [0.25, 0.3) is 0 Å². The highest BCUT2D eigenvalue weighted by molar-refractivity contribution is 5.91. The van der Waals surface area contributed by atoms with E-state index in [1.807, 2.05) is 68.4 Å². The number of aliphatic carboxylic acids is 1. The first-order chi connectivity index (χ1) is 16.6. The van der Waals surface area contributed by atoms with Crippen LogP contribution in [0, 0.1) is 19.8 Å². The fraction of sp³-hybridized carbons (Fsp3) is 0.321. The summed E-state index contributed by atoms with van der Waals surface area (Å²) in [6.45, 7) is 8.25. The topological polar surface area (TPSA) is 100 Å². The number of nitrogens with one attached hydrogen (secondary N) is 2. The van der Waals surface area contributed by atoms with E-state index in [9.17, 15) is 19.5 Å². The third-order valence-electron chi connectivity index (χ3n) is 5.87. The molecule has 0 fully saturated rings. The van der Waals surface area contributed by atoms with Crippen molar-refractivity contribution in [3.63, 3.8) is 0 Å². The van der Waals surface area contributed by atoms with Gasteiger partial charge in [-0.2, -0.15) is 0 Å². The zero-order valence-electron chi connectivity index (χ0n) is 20.7. The SMILES string of the molecule is Cc1ccc([C@H](CC(=O)O)NC(=O)Nc2c(CC(C)C)cc(=O)n(Cc3ccccc3)c2C)cc1. The van der Waals surface area contributed by atoms with Gasteiger partial charge in [-0.1, -0.05) is 74.0 Å². The molecular weight excluding hydrogens is 442 g/mol. The number of pyridine rings is 1. The molecule has 0 aliphatic rings. The molecule has 0 aliphatic heterocycles. The maximum absolute atomic E-state index is 13.1. The number of aromatic nitrogens is 1. The van der Waals surface area contributed by atoms with E-state index in [-0.39, 0.29) is 17.9 Å². The van der Waals surface area contributed by atoms with Gasteiger partial charge in [0.1, 0.15) is 0 Å². The number of aryl methyl sites for hydroxylation is 1. The Morgan fingerprint density at radius 3 is 2.26 bits per heavy atom. The minimum absolute atomic E-state index is 0.128. The number of nitrogens with zero attached hydrogens (tertiary/aromatic N) is 1. The molecule has 0 radical (unpaired) electrons. The van der Waals surface area contributed by atoms with E-state index < -0.39 is 18.0 Å². The largest absolute Gasteiger partial charge is 0.481 e. The number of anilines is 1. The molecule has 0 saturated carbocycles. The van der Waals surface area contributed by atoms with Crippen LogP contribution in [0.2, 0.25) is 0 Å². The molecular formula is C28H33N3O4. The first-order valence-corrected chi connectivity index (χ1v) is 11.8. The molecule has 3 N–H and O–H groups in total. The summed E-state index contributed by atoms with van der Waals surface area (Å²) in [6, 6.07) is 17.4. The van der Waals surface area contributed by atoms with Gasteiger partial charge in [0.05, 0.1) is 24.7 Å². The van der Waals surface area contributed by atoms with E-state index in [2.05, 4.69) is 24.5 Å². The summed E-state index contributed by atoms with van der Waals surface area (Å²) in [6.07, 6.45) is 0.371. The smallest absolute Gasteiger partial charge is 0.319 e. The molecule has 3 aromatic rings. The van der Waals surface area contributed by atoms with Crippen molar-refractivity contribution in [3.8, 4) is 0 Å². The fourth-order valence-electron chi connectivity index (χ4n) is 4.10. The molecule has 0 spiro atoms. The molecule has 1 atom stereocenters. The van der Waals surface area contributed by atoms with Crippen LogP contribution in [0.3, 0.4) is 0 Å². The summed E-state index contributed by atoms with van der Waals surface area (Å²) in [5, 5.41) is 15.1. The number of benzene rings is 2. The molecule has 7 nitrogen and oxygen atoms in total. The van der Waals surface area contributed by atoms with Crippen LogP contribution in [0.5, 0.6) is 0 Å². The lowest BCUT2D eigenvalue weighted by molar-refractivity contribution is -0.137. The Morgan fingerprint density at radius 2 is 1.66 bits per heavy atom. The van der Waals surface area contributed by atoms with E-state index in [0.29, 0.717) is 29.9 Å². The highest BCUT2D eigenvalue weighted by atomic mass is 16.4. The number of carbonyl (C=O) groups is 2. The standard InChI is InChI=1S/C28H33N3O4/c1-18(2)14-23-15-25(32)31(17-21-8-6-5-7-9-21)20(4)27(23)30-28(35)29-24(16-26(33)34)22-12-10-19(3)11-13-22/h5-13,15,18,24H,14,16-17H2,1-4H3,(H,33,34)(H2,29,30,35)/t24-/m0/s1. The number of rotatable bonds is 9. The van der Waals surface area contributed by atoms with E-state index in [0.717, 1.165) is 16.7 Å². The number of carboxylic acids is 1. The predicted molar refractivity (Wildman–Crippen MR) is 138 cm³/mol. The van der Waals surface area contributed by atoms with E-state index in [4.69, 9.17) is 0 Å². The summed E-state index contributed by atoms with van der Waals surface area (Å²) in [7, 11) is 0. The number of carbonyl (C=O) groups excluding carboxylic acids is 1. The van der Waals surface area contributed by atoms with Crippen molar-refractivity contribution in [1.82, 2.24) is 9.88 Å². The van der Waals surface area contributed by atoms with Crippen LogP contribution in [0.4, 0.5) is 10.5 Å². The molecule has 0 bridgehead atoms. The first-order valence-electron chi connectivity index (χ1n) is 11.8. The Balaban J connectivity index is 1.92. The fourth-order valence-corrected chi connectivity index (χ4v) is 4.10. The Bertz CT molecular complexity index is 1230. The van der Waals surface area contributed by atoms with Crippen molar-refractivity contribution in [2.75, 3.05) is 5.32 Å². The lowest BCUT2D eigenvalue weighted by Crippen LogP contribution is -2.35. The van der Waals surface area contributed by atoms with Crippen molar-refractivity contribution < 1.29 is 14.7 Å². The number of carboxylic acid groups (broad SMARTS) is 1. The zero-order valence-corrected chi connectivity index (χ0v) is 20.7. The monoisotopic (exact) mass is 475 g/mol. The summed E-state index contributed by atoms with van der Waals surface area (Å²) >= 11 is 0. The van der Waals surface area contributed by atoms with Crippen LogP contribution >= 0.6 is 0 Å². The van der Waals surface area contributed by atoms with Crippen LogP contribution in [0.1, 0.15) is 54.3 Å². The average Bonchev–Trinajstić information content (AvgIpc) is 2.79.